The number of piperidine rings is 1. The fourth-order valence-electron chi connectivity index (χ4n) is 2.48. The number of carbonyl (C=O) groups excluding carboxylic acids is 1. The van der Waals surface area contributed by atoms with Gasteiger partial charge in [-0.2, -0.15) is 0 Å². The van der Waals surface area contributed by atoms with Crippen LogP contribution in [0.5, 0.6) is 0 Å². The monoisotopic (exact) mass is 286 g/mol. The molecular formula is C12H22N4O2S. The number of nitrogens with one attached hydrogen (secondary N) is 1. The number of nitrogens with two attached hydrogens (primary N) is 1. The Balaban J connectivity index is 2.00. The molecule has 6 nitrogen and oxygen atoms in total. The van der Waals surface area contributed by atoms with Gasteiger partial charge in [-0.05, 0) is 19.9 Å². The molecule has 0 aromatic rings. The van der Waals surface area contributed by atoms with E-state index >= 15 is 0 Å². The average molecular weight is 286 g/mol. The molecule has 108 valence electrons. The lowest BCUT2D eigenvalue weighted by molar-refractivity contribution is 0.0508. The van der Waals surface area contributed by atoms with Gasteiger partial charge < -0.3 is 25.6 Å². The first-order valence-corrected chi connectivity index (χ1v) is 7.08. The fourth-order valence-corrected chi connectivity index (χ4v) is 2.74. The van der Waals surface area contributed by atoms with Crippen LogP contribution < -0.4 is 11.1 Å². The Kier molecular flexibility index (Phi) is 4.59. The smallest absolute Gasteiger partial charge is 0.318 e. The second-order valence-electron chi connectivity index (χ2n) is 5.28. The van der Waals surface area contributed by atoms with Crippen LogP contribution in [-0.4, -0.2) is 72.8 Å². The number of rotatable bonds is 2. The van der Waals surface area contributed by atoms with Gasteiger partial charge in [-0.3, -0.25) is 0 Å². The number of likely N-dealkylation sites (tertiary alicyclic amines) is 1. The zero-order chi connectivity index (χ0) is 13.9. The molecule has 0 spiro atoms. The molecule has 2 heterocycles. The molecule has 2 saturated heterocycles. The fraction of sp³-hybridized carbons (Fsp3) is 0.833. The van der Waals surface area contributed by atoms with Gasteiger partial charge in [0.15, 0.2) is 0 Å². The summed E-state index contributed by atoms with van der Waals surface area (Å²) in [4.78, 5) is 16.7. The summed E-state index contributed by atoms with van der Waals surface area (Å²) in [6.07, 6.45) is 1.55. The number of morpholine rings is 1. The first kappa shape index (κ1) is 14.5. The van der Waals surface area contributed by atoms with Crippen molar-refractivity contribution < 1.29 is 9.53 Å². The van der Waals surface area contributed by atoms with Crippen LogP contribution in [-0.2, 0) is 4.74 Å². The number of urea groups is 1. The first-order valence-electron chi connectivity index (χ1n) is 6.67. The lowest BCUT2D eigenvalue weighted by Gasteiger charge is -2.42. The molecule has 0 aromatic carbocycles. The van der Waals surface area contributed by atoms with E-state index in [1.807, 2.05) is 0 Å². The lowest BCUT2D eigenvalue weighted by Crippen LogP contribution is -2.64. The van der Waals surface area contributed by atoms with Crippen LogP contribution in [0.15, 0.2) is 0 Å². The van der Waals surface area contributed by atoms with Gasteiger partial charge in [-0.1, -0.05) is 12.2 Å². The number of hydrogen-bond donors (Lipinski definition) is 2. The summed E-state index contributed by atoms with van der Waals surface area (Å²) in [7, 11) is 2.06. The molecule has 2 rings (SSSR count). The van der Waals surface area contributed by atoms with Gasteiger partial charge in [-0.15, -0.1) is 0 Å². The van der Waals surface area contributed by atoms with E-state index in [1.165, 1.54) is 0 Å². The van der Waals surface area contributed by atoms with Crippen LogP contribution in [0.4, 0.5) is 4.79 Å². The molecule has 0 radical (unpaired) electrons. The second-order valence-corrected chi connectivity index (χ2v) is 5.72. The molecule has 3 N–H and O–H groups in total. The third kappa shape index (κ3) is 3.34. The van der Waals surface area contributed by atoms with Gasteiger partial charge in [0, 0.05) is 26.2 Å². The highest BCUT2D eigenvalue weighted by molar-refractivity contribution is 7.80. The second kappa shape index (κ2) is 6.02. The number of thiocarbonyl (C=S) groups is 1. The largest absolute Gasteiger partial charge is 0.391 e. The van der Waals surface area contributed by atoms with E-state index in [-0.39, 0.29) is 6.03 Å². The molecule has 2 amide bonds. The van der Waals surface area contributed by atoms with Crippen molar-refractivity contribution in [2.75, 3.05) is 46.4 Å². The van der Waals surface area contributed by atoms with Gasteiger partial charge in [-0.25, -0.2) is 4.79 Å². The molecule has 19 heavy (non-hydrogen) atoms. The van der Waals surface area contributed by atoms with Crippen molar-refractivity contribution in [3.63, 3.8) is 0 Å². The highest BCUT2D eigenvalue weighted by Crippen LogP contribution is 2.22. The number of hydrogen-bond acceptors (Lipinski definition) is 4. The van der Waals surface area contributed by atoms with Crippen molar-refractivity contribution in [3.05, 3.63) is 0 Å². The topological polar surface area (TPSA) is 70.8 Å². The number of ether oxygens (including phenoxy) is 1. The average Bonchev–Trinajstić information content (AvgIpc) is 2.42. The van der Waals surface area contributed by atoms with Crippen LogP contribution in [0.1, 0.15) is 12.8 Å². The minimum absolute atomic E-state index is 0.0827. The number of nitrogens with zero attached hydrogens (tertiary/aromatic N) is 2. The van der Waals surface area contributed by atoms with E-state index in [2.05, 4.69) is 17.3 Å². The van der Waals surface area contributed by atoms with Crippen molar-refractivity contribution >= 4 is 23.2 Å². The molecule has 0 saturated carbocycles. The Morgan fingerprint density at radius 3 is 2.37 bits per heavy atom. The van der Waals surface area contributed by atoms with Crippen LogP contribution in [0, 0.1) is 0 Å². The van der Waals surface area contributed by atoms with Gasteiger partial charge in [0.25, 0.3) is 0 Å². The minimum atomic E-state index is -0.531. The normalized spacial score (nSPS) is 23.9. The third-order valence-corrected chi connectivity index (χ3v) is 4.35. The van der Waals surface area contributed by atoms with E-state index in [4.69, 9.17) is 22.7 Å². The summed E-state index contributed by atoms with van der Waals surface area (Å²) in [6, 6.07) is -0.0827. The molecule has 0 aromatic heterocycles. The van der Waals surface area contributed by atoms with E-state index in [1.54, 1.807) is 4.90 Å². The molecular weight excluding hydrogens is 264 g/mol. The number of amides is 2. The molecule has 2 aliphatic rings. The Morgan fingerprint density at radius 1 is 1.26 bits per heavy atom. The van der Waals surface area contributed by atoms with Gasteiger partial charge in [0.2, 0.25) is 0 Å². The third-order valence-electron chi connectivity index (χ3n) is 3.96. The summed E-state index contributed by atoms with van der Waals surface area (Å²) in [6.45, 7) is 4.21. The summed E-state index contributed by atoms with van der Waals surface area (Å²) in [5.41, 5.74) is 5.35. The first-order chi connectivity index (χ1) is 9.03. The maximum Gasteiger partial charge on any atom is 0.318 e. The zero-order valence-electron chi connectivity index (χ0n) is 11.4. The molecule has 0 unspecified atom stereocenters. The van der Waals surface area contributed by atoms with Crippen LogP contribution >= 0.6 is 12.2 Å². The van der Waals surface area contributed by atoms with Crippen LogP contribution in [0.25, 0.3) is 0 Å². The maximum absolute atomic E-state index is 12.3. The summed E-state index contributed by atoms with van der Waals surface area (Å²) in [5.74, 6) is 0. The Bertz CT molecular complexity index is 350. The Labute approximate surface area is 119 Å². The predicted octanol–water partition coefficient (Wildman–Crippen LogP) is -0.221. The van der Waals surface area contributed by atoms with Crippen LogP contribution in [0.3, 0.4) is 0 Å². The summed E-state index contributed by atoms with van der Waals surface area (Å²) in [5, 5.41) is 3.06. The quantitative estimate of drug-likeness (QED) is 0.687. The predicted molar refractivity (Wildman–Crippen MR) is 77.2 cm³/mol. The van der Waals surface area contributed by atoms with E-state index < -0.39 is 5.54 Å². The molecule has 0 atom stereocenters. The van der Waals surface area contributed by atoms with E-state index in [9.17, 15) is 4.79 Å². The number of carbonyl (C=O) groups is 1. The Hall–Kier alpha value is -0.920. The molecule has 0 bridgehead atoms. The van der Waals surface area contributed by atoms with Gasteiger partial charge in [0.1, 0.15) is 0 Å². The van der Waals surface area contributed by atoms with Crippen molar-refractivity contribution in [1.82, 2.24) is 15.1 Å². The van der Waals surface area contributed by atoms with Gasteiger partial charge >= 0.3 is 6.03 Å². The highest BCUT2D eigenvalue weighted by Gasteiger charge is 2.39. The van der Waals surface area contributed by atoms with Crippen molar-refractivity contribution in [3.8, 4) is 0 Å². The summed E-state index contributed by atoms with van der Waals surface area (Å²) >= 11 is 5.19. The van der Waals surface area contributed by atoms with Crippen LogP contribution in [0.2, 0.25) is 0 Å². The van der Waals surface area contributed by atoms with Gasteiger partial charge in [0.05, 0.1) is 23.7 Å². The van der Waals surface area contributed by atoms with E-state index in [0.29, 0.717) is 31.3 Å². The summed E-state index contributed by atoms with van der Waals surface area (Å²) < 4.78 is 5.25. The van der Waals surface area contributed by atoms with Crippen molar-refractivity contribution in [1.29, 1.82) is 0 Å². The SMILES string of the molecule is CN1CCC(NC(=O)N2CCOCC2)(C(N)=S)CC1. The minimum Gasteiger partial charge on any atom is -0.391 e. The molecule has 2 aliphatic heterocycles. The molecule has 7 heteroatoms. The molecule has 2 fully saturated rings. The van der Waals surface area contributed by atoms with Crippen molar-refractivity contribution in [2.45, 2.75) is 18.4 Å². The zero-order valence-corrected chi connectivity index (χ0v) is 12.2. The highest BCUT2D eigenvalue weighted by atomic mass is 32.1. The Morgan fingerprint density at radius 2 is 1.84 bits per heavy atom. The lowest BCUT2D eigenvalue weighted by atomic mass is 9.87. The van der Waals surface area contributed by atoms with E-state index in [0.717, 1.165) is 25.9 Å². The maximum atomic E-state index is 12.3. The van der Waals surface area contributed by atoms with Crippen molar-refractivity contribution in [2.24, 2.45) is 5.73 Å². The molecule has 0 aliphatic carbocycles. The standard InChI is InChI=1S/C12H22N4O2S/c1-15-4-2-12(3-5-15,10(13)19)14-11(17)16-6-8-18-9-7-16/h2-9H2,1H3,(H2,13,19)(H,14,17).